The lowest BCUT2D eigenvalue weighted by atomic mass is 10.2. The molecule has 0 saturated heterocycles. The lowest BCUT2D eigenvalue weighted by molar-refractivity contribution is -0.133. The summed E-state index contributed by atoms with van der Waals surface area (Å²) in [5.41, 5.74) is 1.20. The number of carbonyl (C=O) groups excluding carboxylic acids is 2. The van der Waals surface area contributed by atoms with Crippen molar-refractivity contribution in [2.75, 3.05) is 23.3 Å². The number of hydrogen-bond donors (Lipinski definition) is 1. The molecule has 2 aromatic rings. The molecule has 3 rings (SSSR count). The number of ether oxygens (including phenoxy) is 1. The van der Waals surface area contributed by atoms with Gasteiger partial charge in [-0.05, 0) is 30.3 Å². The van der Waals surface area contributed by atoms with Gasteiger partial charge < -0.3 is 15.0 Å². The van der Waals surface area contributed by atoms with Crippen molar-refractivity contribution in [3.05, 3.63) is 52.5 Å². The van der Waals surface area contributed by atoms with Crippen LogP contribution in [0.5, 0.6) is 5.75 Å². The Kier molecular flexibility index (Phi) is 4.41. The monoisotopic (exact) mass is 350 g/mol. The van der Waals surface area contributed by atoms with Gasteiger partial charge in [-0.15, -0.1) is 0 Å². The number of fused-ring (bicyclic) bond motifs is 1. The summed E-state index contributed by atoms with van der Waals surface area (Å²) in [6, 6.07) is 11.9. The van der Waals surface area contributed by atoms with Gasteiger partial charge in [-0.25, -0.2) is 4.79 Å². The molecule has 1 aliphatic heterocycles. The first-order valence-electron chi connectivity index (χ1n) is 6.82. The Labute approximate surface area is 142 Å². The molecule has 0 saturated carbocycles. The second-order valence-electron chi connectivity index (χ2n) is 5.00. The number of anilines is 2. The number of carbonyl (C=O) groups is 2. The zero-order chi connectivity index (χ0) is 16.4. The van der Waals surface area contributed by atoms with E-state index in [4.69, 9.17) is 27.9 Å². The maximum atomic E-state index is 12.2. The minimum Gasteiger partial charge on any atom is -0.423 e. The van der Waals surface area contributed by atoms with E-state index in [2.05, 4.69) is 5.32 Å². The topological polar surface area (TPSA) is 58.6 Å². The molecule has 0 fully saturated rings. The SMILES string of the molecule is O=C(CN1CC(=O)Oc2ccccc21)Nc1cc(Cl)cc(Cl)c1. The van der Waals surface area contributed by atoms with Gasteiger partial charge in [-0.3, -0.25) is 4.79 Å². The third-order valence-electron chi connectivity index (χ3n) is 3.23. The summed E-state index contributed by atoms with van der Waals surface area (Å²) in [4.78, 5) is 25.5. The zero-order valence-corrected chi connectivity index (χ0v) is 13.4. The molecule has 118 valence electrons. The Bertz CT molecular complexity index is 759. The minimum absolute atomic E-state index is 0.0102. The van der Waals surface area contributed by atoms with E-state index in [9.17, 15) is 9.59 Å². The van der Waals surface area contributed by atoms with E-state index < -0.39 is 5.97 Å². The van der Waals surface area contributed by atoms with E-state index in [1.165, 1.54) is 0 Å². The van der Waals surface area contributed by atoms with Crippen molar-refractivity contribution in [3.8, 4) is 5.75 Å². The first-order valence-corrected chi connectivity index (χ1v) is 7.57. The summed E-state index contributed by atoms with van der Waals surface area (Å²) >= 11 is 11.8. The molecule has 0 bridgehead atoms. The molecule has 23 heavy (non-hydrogen) atoms. The Morgan fingerprint density at radius 1 is 1.17 bits per heavy atom. The molecule has 0 aliphatic carbocycles. The molecular formula is C16H12Cl2N2O3. The highest BCUT2D eigenvalue weighted by atomic mass is 35.5. The van der Waals surface area contributed by atoms with Crippen molar-refractivity contribution in [2.24, 2.45) is 0 Å². The molecule has 5 nitrogen and oxygen atoms in total. The molecule has 0 aromatic heterocycles. The van der Waals surface area contributed by atoms with E-state index in [-0.39, 0.29) is 19.0 Å². The molecular weight excluding hydrogens is 339 g/mol. The van der Waals surface area contributed by atoms with Crippen LogP contribution in [0.4, 0.5) is 11.4 Å². The van der Waals surface area contributed by atoms with Crippen LogP contribution < -0.4 is 15.0 Å². The Morgan fingerprint density at radius 3 is 2.61 bits per heavy atom. The predicted octanol–water partition coefficient (Wildman–Crippen LogP) is 3.36. The van der Waals surface area contributed by atoms with Gasteiger partial charge in [-0.1, -0.05) is 35.3 Å². The van der Waals surface area contributed by atoms with Crippen LogP contribution in [0, 0.1) is 0 Å². The number of rotatable bonds is 3. The van der Waals surface area contributed by atoms with Gasteiger partial charge in [0.1, 0.15) is 6.54 Å². The molecule has 0 atom stereocenters. The predicted molar refractivity (Wildman–Crippen MR) is 89.4 cm³/mol. The van der Waals surface area contributed by atoms with Crippen molar-refractivity contribution in [3.63, 3.8) is 0 Å². The standard InChI is InChI=1S/C16H12Cl2N2O3/c17-10-5-11(18)7-12(6-10)19-15(21)8-20-9-16(22)23-14-4-2-1-3-13(14)20/h1-7H,8-9H2,(H,19,21). The Hall–Kier alpha value is -2.24. The van der Waals surface area contributed by atoms with Crippen LogP contribution in [0.2, 0.25) is 10.0 Å². The van der Waals surface area contributed by atoms with E-state index in [0.717, 1.165) is 0 Å². The number of esters is 1. The van der Waals surface area contributed by atoms with Crippen LogP contribution in [0.1, 0.15) is 0 Å². The number of para-hydroxylation sites is 2. The fraction of sp³-hybridized carbons (Fsp3) is 0.125. The van der Waals surface area contributed by atoms with Crippen molar-refractivity contribution < 1.29 is 14.3 Å². The van der Waals surface area contributed by atoms with Crippen molar-refractivity contribution in [2.45, 2.75) is 0 Å². The quantitative estimate of drug-likeness (QED) is 0.681. The maximum absolute atomic E-state index is 12.2. The summed E-state index contributed by atoms with van der Waals surface area (Å²) in [5, 5.41) is 3.58. The number of hydrogen-bond acceptors (Lipinski definition) is 4. The van der Waals surface area contributed by atoms with Gasteiger partial charge in [0.2, 0.25) is 5.91 Å². The fourth-order valence-electron chi connectivity index (χ4n) is 2.34. The van der Waals surface area contributed by atoms with Gasteiger partial charge >= 0.3 is 5.97 Å². The lowest BCUT2D eigenvalue weighted by Crippen LogP contribution is -2.41. The summed E-state index contributed by atoms with van der Waals surface area (Å²) < 4.78 is 5.15. The van der Waals surface area contributed by atoms with Crippen LogP contribution in [0.25, 0.3) is 0 Å². The molecule has 1 heterocycles. The normalized spacial score (nSPS) is 13.3. The summed E-state index contributed by atoms with van der Waals surface area (Å²) in [6.45, 7) is 0.0248. The second kappa shape index (κ2) is 6.48. The number of benzene rings is 2. The molecule has 2 aromatic carbocycles. The summed E-state index contributed by atoms with van der Waals surface area (Å²) in [7, 11) is 0. The van der Waals surface area contributed by atoms with E-state index in [1.54, 1.807) is 41.3 Å². The van der Waals surface area contributed by atoms with Crippen LogP contribution in [0.15, 0.2) is 42.5 Å². The third-order valence-corrected chi connectivity index (χ3v) is 3.67. The van der Waals surface area contributed by atoms with Gasteiger partial charge in [0, 0.05) is 15.7 Å². The largest absolute Gasteiger partial charge is 0.423 e. The van der Waals surface area contributed by atoms with Crippen LogP contribution in [0.3, 0.4) is 0 Å². The van der Waals surface area contributed by atoms with Crippen LogP contribution in [-0.2, 0) is 9.59 Å². The first kappa shape index (κ1) is 15.6. The molecule has 0 unspecified atom stereocenters. The highest BCUT2D eigenvalue weighted by Crippen LogP contribution is 2.31. The molecule has 0 spiro atoms. The lowest BCUT2D eigenvalue weighted by Gasteiger charge is -2.29. The van der Waals surface area contributed by atoms with E-state index in [1.807, 2.05) is 6.07 Å². The zero-order valence-electron chi connectivity index (χ0n) is 11.9. The smallest absolute Gasteiger partial charge is 0.331 e. The molecule has 0 radical (unpaired) electrons. The van der Waals surface area contributed by atoms with Crippen molar-refractivity contribution in [1.29, 1.82) is 0 Å². The molecule has 1 aliphatic rings. The summed E-state index contributed by atoms with van der Waals surface area (Å²) in [6.07, 6.45) is 0. The van der Waals surface area contributed by atoms with Gasteiger partial charge in [0.05, 0.1) is 12.2 Å². The summed E-state index contributed by atoms with van der Waals surface area (Å²) in [5.74, 6) is -0.238. The second-order valence-corrected chi connectivity index (χ2v) is 5.88. The molecule has 7 heteroatoms. The fourth-order valence-corrected chi connectivity index (χ4v) is 2.87. The highest BCUT2D eigenvalue weighted by Gasteiger charge is 2.25. The number of amides is 1. The molecule has 1 amide bonds. The Balaban J connectivity index is 1.74. The average molecular weight is 351 g/mol. The van der Waals surface area contributed by atoms with Gasteiger partial charge in [-0.2, -0.15) is 0 Å². The maximum Gasteiger partial charge on any atom is 0.331 e. The van der Waals surface area contributed by atoms with E-state index >= 15 is 0 Å². The van der Waals surface area contributed by atoms with Gasteiger partial charge in [0.25, 0.3) is 0 Å². The van der Waals surface area contributed by atoms with Crippen molar-refractivity contribution in [1.82, 2.24) is 0 Å². The van der Waals surface area contributed by atoms with Crippen molar-refractivity contribution >= 4 is 46.5 Å². The average Bonchev–Trinajstić information content (AvgIpc) is 2.45. The number of halogens is 2. The van der Waals surface area contributed by atoms with Gasteiger partial charge in [0.15, 0.2) is 5.75 Å². The number of nitrogens with zero attached hydrogens (tertiary/aromatic N) is 1. The number of nitrogens with one attached hydrogen (secondary N) is 1. The molecule has 1 N–H and O–H groups in total. The third kappa shape index (κ3) is 3.75. The van der Waals surface area contributed by atoms with Crippen LogP contribution >= 0.6 is 23.2 Å². The van der Waals surface area contributed by atoms with E-state index in [0.29, 0.717) is 27.2 Å². The highest BCUT2D eigenvalue weighted by molar-refractivity contribution is 6.35. The van der Waals surface area contributed by atoms with Crippen LogP contribution in [-0.4, -0.2) is 25.0 Å². The first-order chi connectivity index (χ1) is 11.0. The Morgan fingerprint density at radius 2 is 1.87 bits per heavy atom. The minimum atomic E-state index is -0.401.